The van der Waals surface area contributed by atoms with Crippen LogP contribution >= 0.6 is 27.5 Å². The Labute approximate surface area is 123 Å². The lowest BCUT2D eigenvalue weighted by Crippen LogP contribution is -2.16. The maximum atomic E-state index is 13.0. The van der Waals surface area contributed by atoms with Gasteiger partial charge in [0.05, 0.1) is 0 Å². The summed E-state index contributed by atoms with van der Waals surface area (Å²) in [5, 5.41) is 0.809. The summed E-state index contributed by atoms with van der Waals surface area (Å²) in [5.74, 6) is 0.420. The Morgan fingerprint density at radius 3 is 2.95 bits per heavy atom. The Bertz CT molecular complexity index is 564. The molecule has 0 aliphatic carbocycles. The molecule has 0 spiro atoms. The minimum absolute atomic E-state index is 0.253. The summed E-state index contributed by atoms with van der Waals surface area (Å²) >= 11 is 4.68. The zero-order valence-electron chi connectivity index (χ0n) is 10.6. The standard InChI is InChI=1S/C12H13BrFN3OS/c1-17(12-15-11(7-18-2)16-19-12)6-8-3-4-9(14)5-10(8)13/h3-5H,6-7H2,1-2H3. The van der Waals surface area contributed by atoms with Crippen molar-refractivity contribution >= 4 is 32.6 Å². The van der Waals surface area contributed by atoms with Crippen LogP contribution in [0.5, 0.6) is 0 Å². The number of hydrogen-bond donors (Lipinski definition) is 0. The molecule has 0 aliphatic rings. The summed E-state index contributed by atoms with van der Waals surface area (Å²) in [5.41, 5.74) is 0.993. The van der Waals surface area contributed by atoms with Gasteiger partial charge in [0.2, 0.25) is 5.13 Å². The molecule has 0 saturated carbocycles. The molecule has 0 N–H and O–H groups in total. The molecule has 0 atom stereocenters. The SMILES string of the molecule is COCc1nsc(N(C)Cc2ccc(F)cc2Br)n1. The molecule has 0 saturated heterocycles. The number of hydrogen-bond acceptors (Lipinski definition) is 5. The lowest BCUT2D eigenvalue weighted by molar-refractivity contribution is 0.179. The zero-order chi connectivity index (χ0) is 13.8. The quantitative estimate of drug-likeness (QED) is 0.833. The molecular weight excluding hydrogens is 333 g/mol. The second-order valence-corrected chi connectivity index (χ2v) is 5.60. The van der Waals surface area contributed by atoms with E-state index in [2.05, 4.69) is 25.3 Å². The van der Waals surface area contributed by atoms with Crippen LogP contribution in [-0.4, -0.2) is 23.5 Å². The van der Waals surface area contributed by atoms with E-state index in [-0.39, 0.29) is 5.82 Å². The van der Waals surface area contributed by atoms with Gasteiger partial charge in [-0.05, 0) is 17.7 Å². The lowest BCUT2D eigenvalue weighted by Gasteiger charge is -2.16. The topological polar surface area (TPSA) is 38.2 Å². The van der Waals surface area contributed by atoms with E-state index in [0.29, 0.717) is 19.0 Å². The maximum absolute atomic E-state index is 13.0. The van der Waals surface area contributed by atoms with E-state index in [1.807, 2.05) is 11.9 Å². The Morgan fingerprint density at radius 1 is 1.47 bits per heavy atom. The smallest absolute Gasteiger partial charge is 0.205 e. The molecule has 0 radical (unpaired) electrons. The van der Waals surface area contributed by atoms with Crippen LogP contribution in [0.4, 0.5) is 9.52 Å². The number of methoxy groups -OCH3 is 1. The van der Waals surface area contributed by atoms with Crippen molar-refractivity contribution in [1.82, 2.24) is 9.36 Å². The van der Waals surface area contributed by atoms with Crippen molar-refractivity contribution in [2.45, 2.75) is 13.2 Å². The predicted octanol–water partition coefficient (Wildman–Crippen LogP) is 3.22. The van der Waals surface area contributed by atoms with Crippen LogP contribution < -0.4 is 4.90 Å². The number of halogens is 2. The van der Waals surface area contributed by atoms with Gasteiger partial charge in [-0.3, -0.25) is 0 Å². The fraction of sp³-hybridized carbons (Fsp3) is 0.333. The monoisotopic (exact) mass is 345 g/mol. The Morgan fingerprint density at radius 2 is 2.26 bits per heavy atom. The number of nitrogens with zero attached hydrogens (tertiary/aromatic N) is 3. The highest BCUT2D eigenvalue weighted by Gasteiger charge is 2.11. The number of rotatable bonds is 5. The van der Waals surface area contributed by atoms with E-state index >= 15 is 0 Å². The number of aromatic nitrogens is 2. The minimum Gasteiger partial charge on any atom is -0.377 e. The first-order valence-electron chi connectivity index (χ1n) is 5.56. The van der Waals surface area contributed by atoms with Crippen molar-refractivity contribution in [3.8, 4) is 0 Å². The van der Waals surface area contributed by atoms with E-state index in [1.54, 1.807) is 13.2 Å². The third kappa shape index (κ3) is 3.71. The van der Waals surface area contributed by atoms with E-state index in [1.165, 1.54) is 23.7 Å². The van der Waals surface area contributed by atoms with Crippen LogP contribution in [-0.2, 0) is 17.9 Å². The van der Waals surface area contributed by atoms with Crippen molar-refractivity contribution in [3.05, 3.63) is 39.9 Å². The first-order valence-corrected chi connectivity index (χ1v) is 7.13. The molecule has 0 unspecified atom stereocenters. The van der Waals surface area contributed by atoms with Gasteiger partial charge < -0.3 is 9.64 Å². The highest BCUT2D eigenvalue weighted by atomic mass is 79.9. The van der Waals surface area contributed by atoms with Crippen molar-refractivity contribution in [1.29, 1.82) is 0 Å². The zero-order valence-corrected chi connectivity index (χ0v) is 13.0. The molecule has 0 fully saturated rings. The Kier molecular flexibility index (Phi) is 4.84. The van der Waals surface area contributed by atoms with Gasteiger partial charge >= 0.3 is 0 Å². The number of benzene rings is 1. The molecule has 2 aromatic rings. The fourth-order valence-electron chi connectivity index (χ4n) is 1.56. The summed E-state index contributed by atoms with van der Waals surface area (Å²) < 4.78 is 23.0. The fourth-order valence-corrected chi connectivity index (χ4v) is 2.67. The summed E-state index contributed by atoms with van der Waals surface area (Å²) in [7, 11) is 3.53. The van der Waals surface area contributed by atoms with Crippen LogP contribution in [0.2, 0.25) is 0 Å². The van der Waals surface area contributed by atoms with Crippen LogP contribution in [0.3, 0.4) is 0 Å². The highest BCUT2D eigenvalue weighted by Crippen LogP contribution is 2.23. The molecule has 1 aromatic heterocycles. The average molecular weight is 346 g/mol. The number of anilines is 1. The molecule has 7 heteroatoms. The summed E-state index contributed by atoms with van der Waals surface area (Å²) in [6, 6.07) is 4.66. The molecule has 1 aromatic carbocycles. The van der Waals surface area contributed by atoms with E-state index in [0.717, 1.165) is 15.2 Å². The van der Waals surface area contributed by atoms with Gasteiger partial charge in [0, 0.05) is 36.7 Å². The second kappa shape index (κ2) is 6.40. The van der Waals surface area contributed by atoms with Gasteiger partial charge in [0.1, 0.15) is 12.4 Å². The third-order valence-electron chi connectivity index (χ3n) is 2.48. The predicted molar refractivity (Wildman–Crippen MR) is 76.8 cm³/mol. The van der Waals surface area contributed by atoms with Gasteiger partial charge in [0.15, 0.2) is 5.82 Å². The van der Waals surface area contributed by atoms with E-state index < -0.39 is 0 Å². The van der Waals surface area contributed by atoms with Crippen molar-refractivity contribution in [2.24, 2.45) is 0 Å². The van der Waals surface area contributed by atoms with Crippen LogP contribution in [0.25, 0.3) is 0 Å². The van der Waals surface area contributed by atoms with Crippen LogP contribution in [0, 0.1) is 5.82 Å². The van der Waals surface area contributed by atoms with Gasteiger partial charge in [0.25, 0.3) is 0 Å². The maximum Gasteiger partial charge on any atom is 0.205 e. The third-order valence-corrected chi connectivity index (χ3v) is 4.09. The van der Waals surface area contributed by atoms with Crippen molar-refractivity contribution in [3.63, 3.8) is 0 Å². The number of ether oxygens (including phenoxy) is 1. The van der Waals surface area contributed by atoms with Crippen LogP contribution in [0.1, 0.15) is 11.4 Å². The average Bonchev–Trinajstić information content (AvgIpc) is 2.82. The molecule has 0 aliphatic heterocycles. The largest absolute Gasteiger partial charge is 0.377 e. The van der Waals surface area contributed by atoms with Gasteiger partial charge in [-0.2, -0.15) is 4.37 Å². The van der Waals surface area contributed by atoms with Crippen molar-refractivity contribution < 1.29 is 9.13 Å². The molecular formula is C12H13BrFN3OS. The van der Waals surface area contributed by atoms with Crippen LogP contribution in [0.15, 0.2) is 22.7 Å². The minimum atomic E-state index is -0.253. The summed E-state index contributed by atoms with van der Waals surface area (Å²) in [4.78, 5) is 6.33. The van der Waals surface area contributed by atoms with Gasteiger partial charge in [-0.1, -0.05) is 22.0 Å². The summed E-state index contributed by atoms with van der Waals surface area (Å²) in [6.07, 6.45) is 0. The Balaban J connectivity index is 2.09. The molecule has 4 nitrogen and oxygen atoms in total. The molecule has 2 rings (SSSR count). The first-order chi connectivity index (χ1) is 9.10. The van der Waals surface area contributed by atoms with Gasteiger partial charge in [-0.15, -0.1) is 0 Å². The molecule has 0 amide bonds. The normalized spacial score (nSPS) is 10.7. The van der Waals surface area contributed by atoms with E-state index in [4.69, 9.17) is 4.74 Å². The molecule has 1 heterocycles. The molecule has 102 valence electrons. The van der Waals surface area contributed by atoms with E-state index in [9.17, 15) is 4.39 Å². The Hall–Kier alpha value is -1.05. The van der Waals surface area contributed by atoms with Crippen molar-refractivity contribution in [2.75, 3.05) is 19.1 Å². The lowest BCUT2D eigenvalue weighted by atomic mass is 10.2. The first kappa shape index (κ1) is 14.4. The van der Waals surface area contributed by atoms with Gasteiger partial charge in [-0.25, -0.2) is 9.37 Å². The summed E-state index contributed by atoms with van der Waals surface area (Å²) in [6.45, 7) is 1.03. The molecule has 19 heavy (non-hydrogen) atoms. The highest BCUT2D eigenvalue weighted by molar-refractivity contribution is 9.10. The second-order valence-electron chi connectivity index (χ2n) is 4.02. The molecule has 0 bridgehead atoms.